The van der Waals surface area contributed by atoms with Gasteiger partial charge in [-0.25, -0.2) is 4.79 Å². The van der Waals surface area contributed by atoms with Crippen molar-refractivity contribution in [1.82, 2.24) is 5.32 Å². The summed E-state index contributed by atoms with van der Waals surface area (Å²) in [7, 11) is 0. The molecule has 0 aromatic heterocycles. The molecule has 1 aromatic carbocycles. The maximum Gasteiger partial charge on any atom is 0.407 e. The SMILES string of the molecule is CC(C)(C)OC(=O)NCCCNc1cc(Br)ccc1[N+](=O)[O-]. The van der Waals surface area contributed by atoms with Crippen LogP contribution in [-0.4, -0.2) is 29.7 Å². The number of carbonyl (C=O) groups excluding carboxylic acids is 1. The molecule has 0 fully saturated rings. The highest BCUT2D eigenvalue weighted by molar-refractivity contribution is 9.10. The van der Waals surface area contributed by atoms with Gasteiger partial charge in [-0.1, -0.05) is 15.9 Å². The summed E-state index contributed by atoms with van der Waals surface area (Å²) in [5.74, 6) is 0. The lowest BCUT2D eigenvalue weighted by Gasteiger charge is -2.19. The van der Waals surface area contributed by atoms with Crippen molar-refractivity contribution in [3.05, 3.63) is 32.8 Å². The summed E-state index contributed by atoms with van der Waals surface area (Å²) in [5, 5.41) is 16.5. The number of hydrogen-bond donors (Lipinski definition) is 2. The number of nitro benzene ring substituents is 1. The third-order valence-corrected chi connectivity index (χ3v) is 2.99. The number of nitro groups is 1. The molecule has 1 aromatic rings. The highest BCUT2D eigenvalue weighted by atomic mass is 79.9. The largest absolute Gasteiger partial charge is 0.444 e. The molecule has 0 radical (unpaired) electrons. The fourth-order valence-electron chi connectivity index (χ4n) is 1.63. The molecule has 8 heteroatoms. The van der Waals surface area contributed by atoms with Crippen molar-refractivity contribution in [3.63, 3.8) is 0 Å². The van der Waals surface area contributed by atoms with Gasteiger partial charge in [0.05, 0.1) is 4.92 Å². The Morgan fingerprint density at radius 2 is 2.05 bits per heavy atom. The summed E-state index contributed by atoms with van der Waals surface area (Å²) in [5.41, 5.74) is -0.0702. The van der Waals surface area contributed by atoms with Gasteiger partial charge >= 0.3 is 6.09 Å². The molecule has 0 heterocycles. The molecule has 2 N–H and O–H groups in total. The monoisotopic (exact) mass is 373 g/mol. The maximum absolute atomic E-state index is 11.4. The fraction of sp³-hybridized carbons (Fsp3) is 0.500. The summed E-state index contributed by atoms with van der Waals surface area (Å²) in [4.78, 5) is 21.9. The van der Waals surface area contributed by atoms with Gasteiger partial charge in [0, 0.05) is 23.6 Å². The third kappa shape index (κ3) is 6.75. The molecule has 0 unspecified atom stereocenters. The van der Waals surface area contributed by atoms with Crippen LogP contribution in [0.3, 0.4) is 0 Å². The Kier molecular flexibility index (Phi) is 6.61. The number of halogens is 1. The quantitative estimate of drug-likeness (QED) is 0.450. The van der Waals surface area contributed by atoms with E-state index in [4.69, 9.17) is 4.74 Å². The van der Waals surface area contributed by atoms with E-state index in [-0.39, 0.29) is 5.69 Å². The number of nitrogens with zero attached hydrogens (tertiary/aromatic N) is 1. The van der Waals surface area contributed by atoms with Crippen LogP contribution in [0.2, 0.25) is 0 Å². The van der Waals surface area contributed by atoms with E-state index >= 15 is 0 Å². The lowest BCUT2D eigenvalue weighted by atomic mass is 10.2. The first-order valence-electron chi connectivity index (χ1n) is 6.84. The zero-order valence-corrected chi connectivity index (χ0v) is 14.4. The topological polar surface area (TPSA) is 93.5 Å². The van der Waals surface area contributed by atoms with E-state index in [1.54, 1.807) is 32.9 Å². The molecule has 7 nitrogen and oxygen atoms in total. The molecule has 0 atom stereocenters. The van der Waals surface area contributed by atoms with E-state index < -0.39 is 16.6 Å². The van der Waals surface area contributed by atoms with Gasteiger partial charge in [-0.3, -0.25) is 10.1 Å². The molecule has 1 rings (SSSR count). The van der Waals surface area contributed by atoms with Crippen molar-refractivity contribution in [2.45, 2.75) is 32.8 Å². The number of ether oxygens (including phenoxy) is 1. The van der Waals surface area contributed by atoms with Gasteiger partial charge in [-0.15, -0.1) is 0 Å². The Balaban J connectivity index is 2.38. The minimum absolute atomic E-state index is 0.0169. The standard InChI is InChI=1S/C14H20BrN3O4/c1-14(2,3)22-13(19)17-8-4-7-16-11-9-10(15)5-6-12(11)18(20)21/h5-6,9,16H,4,7-8H2,1-3H3,(H,17,19). The van der Waals surface area contributed by atoms with Gasteiger partial charge in [0.2, 0.25) is 0 Å². The van der Waals surface area contributed by atoms with Gasteiger partial charge in [0.15, 0.2) is 0 Å². The molecule has 1 amide bonds. The molecule has 0 aliphatic rings. The van der Waals surface area contributed by atoms with Crippen LogP contribution >= 0.6 is 15.9 Å². The number of nitrogens with one attached hydrogen (secondary N) is 2. The van der Waals surface area contributed by atoms with Crippen LogP contribution in [0.1, 0.15) is 27.2 Å². The van der Waals surface area contributed by atoms with E-state index in [2.05, 4.69) is 26.6 Å². The van der Waals surface area contributed by atoms with Crippen molar-refractivity contribution in [2.24, 2.45) is 0 Å². The fourth-order valence-corrected chi connectivity index (χ4v) is 1.99. The van der Waals surface area contributed by atoms with E-state index in [9.17, 15) is 14.9 Å². The van der Waals surface area contributed by atoms with E-state index in [1.165, 1.54) is 6.07 Å². The number of anilines is 1. The van der Waals surface area contributed by atoms with Crippen LogP contribution in [0.15, 0.2) is 22.7 Å². The van der Waals surface area contributed by atoms with Crippen LogP contribution in [0, 0.1) is 10.1 Å². The lowest BCUT2D eigenvalue weighted by Crippen LogP contribution is -2.33. The summed E-state index contributed by atoms with van der Waals surface area (Å²) < 4.78 is 5.86. The second-order valence-electron chi connectivity index (χ2n) is 5.63. The Morgan fingerprint density at radius 3 is 2.64 bits per heavy atom. The smallest absolute Gasteiger partial charge is 0.407 e. The predicted molar refractivity (Wildman–Crippen MR) is 88.1 cm³/mol. The van der Waals surface area contributed by atoms with Gasteiger partial charge in [-0.05, 0) is 39.3 Å². The van der Waals surface area contributed by atoms with Crippen LogP contribution < -0.4 is 10.6 Å². The van der Waals surface area contributed by atoms with Crippen LogP contribution in [0.5, 0.6) is 0 Å². The molecule has 0 bridgehead atoms. The predicted octanol–water partition coefficient (Wildman–Crippen LogP) is 3.68. The first-order chi connectivity index (χ1) is 10.2. The summed E-state index contributed by atoms with van der Waals surface area (Å²) >= 11 is 3.28. The Morgan fingerprint density at radius 1 is 1.36 bits per heavy atom. The van der Waals surface area contributed by atoms with Crippen molar-refractivity contribution < 1.29 is 14.5 Å². The average Bonchev–Trinajstić information content (AvgIpc) is 2.35. The normalized spacial score (nSPS) is 10.9. The number of benzene rings is 1. The molecular weight excluding hydrogens is 354 g/mol. The number of hydrogen-bond acceptors (Lipinski definition) is 5. The Labute approximate surface area is 137 Å². The molecule has 122 valence electrons. The zero-order valence-electron chi connectivity index (χ0n) is 12.8. The lowest BCUT2D eigenvalue weighted by molar-refractivity contribution is -0.384. The second kappa shape index (κ2) is 7.98. The van der Waals surface area contributed by atoms with Gasteiger partial charge < -0.3 is 15.4 Å². The highest BCUT2D eigenvalue weighted by Crippen LogP contribution is 2.27. The van der Waals surface area contributed by atoms with Gasteiger partial charge in [0.25, 0.3) is 5.69 Å². The third-order valence-electron chi connectivity index (χ3n) is 2.49. The summed E-state index contributed by atoms with van der Waals surface area (Å²) in [6.45, 7) is 6.29. The molecule has 0 saturated carbocycles. The van der Waals surface area contributed by atoms with Crippen molar-refractivity contribution in [2.75, 3.05) is 18.4 Å². The van der Waals surface area contributed by atoms with Gasteiger partial charge in [-0.2, -0.15) is 0 Å². The Hall–Kier alpha value is -1.83. The molecule has 22 heavy (non-hydrogen) atoms. The van der Waals surface area contributed by atoms with Crippen LogP contribution in [0.4, 0.5) is 16.2 Å². The van der Waals surface area contributed by atoms with Crippen molar-refractivity contribution >= 4 is 33.4 Å². The number of amides is 1. The van der Waals surface area contributed by atoms with Crippen LogP contribution in [0.25, 0.3) is 0 Å². The minimum Gasteiger partial charge on any atom is -0.444 e. The summed E-state index contributed by atoms with van der Waals surface area (Å²) in [6.07, 6.45) is 0.143. The van der Waals surface area contributed by atoms with Crippen molar-refractivity contribution in [3.8, 4) is 0 Å². The van der Waals surface area contributed by atoms with E-state index in [0.29, 0.717) is 25.2 Å². The number of alkyl carbamates (subject to hydrolysis) is 1. The van der Waals surface area contributed by atoms with Crippen LogP contribution in [-0.2, 0) is 4.74 Å². The molecule has 0 saturated heterocycles. The first-order valence-corrected chi connectivity index (χ1v) is 7.63. The van der Waals surface area contributed by atoms with E-state index in [1.807, 2.05) is 0 Å². The molecule has 0 aliphatic carbocycles. The molecule has 0 aliphatic heterocycles. The van der Waals surface area contributed by atoms with Crippen molar-refractivity contribution in [1.29, 1.82) is 0 Å². The molecule has 0 spiro atoms. The zero-order chi connectivity index (χ0) is 16.8. The van der Waals surface area contributed by atoms with Gasteiger partial charge in [0.1, 0.15) is 11.3 Å². The van der Waals surface area contributed by atoms with E-state index in [0.717, 1.165) is 4.47 Å². The number of rotatable bonds is 6. The number of carbonyl (C=O) groups is 1. The average molecular weight is 374 g/mol. The molecular formula is C14H20BrN3O4. The maximum atomic E-state index is 11.4. The first kappa shape index (κ1) is 18.2. The Bertz CT molecular complexity index is 543. The highest BCUT2D eigenvalue weighted by Gasteiger charge is 2.16. The summed E-state index contributed by atoms with van der Waals surface area (Å²) in [6, 6.07) is 4.71. The second-order valence-corrected chi connectivity index (χ2v) is 6.54. The minimum atomic E-state index is -0.529.